The lowest BCUT2D eigenvalue weighted by atomic mass is 9.79. The lowest BCUT2D eigenvalue weighted by Crippen LogP contribution is -2.75. The molecule has 25 heavy (non-hydrogen) atoms. The zero-order valence-electron chi connectivity index (χ0n) is 14.7. The van der Waals surface area contributed by atoms with E-state index in [0.717, 1.165) is 0 Å². The highest BCUT2D eigenvalue weighted by Gasteiger charge is 2.58. The van der Waals surface area contributed by atoms with Crippen LogP contribution in [0.3, 0.4) is 0 Å². The van der Waals surface area contributed by atoms with E-state index < -0.39 is 10.6 Å². The first-order valence-electron chi connectivity index (χ1n) is 7.94. The fourth-order valence-electron chi connectivity index (χ4n) is 4.18. The van der Waals surface area contributed by atoms with Gasteiger partial charge in [0.2, 0.25) is 0 Å². The van der Waals surface area contributed by atoms with Gasteiger partial charge in [0.25, 0.3) is 5.69 Å². The van der Waals surface area contributed by atoms with Crippen LogP contribution in [0.4, 0.5) is 15.3 Å². The Morgan fingerprint density at radius 1 is 1.04 bits per heavy atom. The van der Waals surface area contributed by atoms with E-state index in [4.69, 9.17) is 0 Å². The van der Waals surface area contributed by atoms with Crippen LogP contribution >= 0.6 is 0 Å². The molecule has 2 heterocycles. The van der Waals surface area contributed by atoms with Gasteiger partial charge >= 0.3 is 12.1 Å². The molecule has 3 rings (SSSR count). The number of benzene rings is 1. The van der Waals surface area contributed by atoms with E-state index in [2.05, 4.69) is 0 Å². The highest BCUT2D eigenvalue weighted by molar-refractivity contribution is 5.81. The molecule has 0 aliphatic carbocycles. The van der Waals surface area contributed by atoms with Gasteiger partial charge in [0.05, 0.1) is 4.92 Å². The van der Waals surface area contributed by atoms with Crippen molar-refractivity contribution in [2.75, 3.05) is 41.3 Å². The van der Waals surface area contributed by atoms with Crippen molar-refractivity contribution in [1.29, 1.82) is 0 Å². The van der Waals surface area contributed by atoms with Crippen molar-refractivity contribution in [2.45, 2.75) is 5.66 Å². The van der Waals surface area contributed by atoms with Crippen molar-refractivity contribution in [3.63, 3.8) is 0 Å². The summed E-state index contributed by atoms with van der Waals surface area (Å²) in [4.78, 5) is 42.4. The second kappa shape index (κ2) is 5.61. The molecule has 0 radical (unpaired) electrons. The zero-order valence-corrected chi connectivity index (χ0v) is 14.7. The Bertz CT molecular complexity index is 722. The highest BCUT2D eigenvalue weighted by atomic mass is 16.6. The van der Waals surface area contributed by atoms with Crippen molar-refractivity contribution in [3.8, 4) is 0 Å². The predicted octanol–water partition coefficient (Wildman–Crippen LogP) is 1.36. The van der Waals surface area contributed by atoms with E-state index >= 15 is 0 Å². The van der Waals surface area contributed by atoms with Crippen LogP contribution in [-0.4, -0.2) is 77.9 Å². The van der Waals surface area contributed by atoms with Crippen LogP contribution in [0.25, 0.3) is 0 Å². The molecule has 1 aromatic carbocycles. The number of nitro benzene ring substituents is 1. The topological polar surface area (TPSA) is 90.2 Å². The number of nitrogens with zero attached hydrogens (tertiary/aromatic N) is 5. The number of carbonyl (C=O) groups excluding carboxylic acids is 2. The Hall–Kier alpha value is -2.84. The standard InChI is InChI=1S/C16H21N5O4/c1-17-9-12-10-18(2)15(23)20(4)16(12,19(3)14(17)22)11-6-5-7-13(8-11)21(24)25/h5-8,12H,9-10H2,1-4H3. The number of nitro groups is 1. The van der Waals surface area contributed by atoms with E-state index in [-0.39, 0.29) is 23.7 Å². The number of fused-ring (bicyclic) bond motifs is 1. The number of non-ortho nitro benzene ring substituents is 1. The molecule has 0 N–H and O–H groups in total. The van der Waals surface area contributed by atoms with Gasteiger partial charge in [0.1, 0.15) is 0 Å². The van der Waals surface area contributed by atoms with Crippen LogP contribution in [0, 0.1) is 16.0 Å². The highest BCUT2D eigenvalue weighted by Crippen LogP contribution is 2.45. The normalized spacial score (nSPS) is 26.8. The van der Waals surface area contributed by atoms with E-state index in [1.54, 1.807) is 50.1 Å². The number of hydrogen-bond acceptors (Lipinski definition) is 4. The second-order valence-corrected chi connectivity index (χ2v) is 6.67. The van der Waals surface area contributed by atoms with Crippen molar-refractivity contribution < 1.29 is 14.5 Å². The summed E-state index contributed by atoms with van der Waals surface area (Å²) in [5.74, 6) is -0.116. The third kappa shape index (κ3) is 2.22. The molecule has 0 bridgehead atoms. The number of amides is 4. The summed E-state index contributed by atoms with van der Waals surface area (Å²) in [7, 11) is 6.71. The summed E-state index contributed by atoms with van der Waals surface area (Å²) in [6.45, 7) is 0.904. The van der Waals surface area contributed by atoms with Gasteiger partial charge in [-0.15, -0.1) is 0 Å². The van der Waals surface area contributed by atoms with E-state index in [1.807, 2.05) is 0 Å². The van der Waals surface area contributed by atoms with Crippen LogP contribution in [-0.2, 0) is 5.66 Å². The first-order valence-corrected chi connectivity index (χ1v) is 7.94. The summed E-state index contributed by atoms with van der Waals surface area (Å²) in [5, 5.41) is 11.2. The van der Waals surface area contributed by atoms with Gasteiger partial charge in [-0.2, -0.15) is 0 Å². The third-order valence-electron chi connectivity index (χ3n) is 5.29. The van der Waals surface area contributed by atoms with E-state index in [0.29, 0.717) is 18.7 Å². The van der Waals surface area contributed by atoms with Gasteiger partial charge in [0, 0.05) is 64.9 Å². The van der Waals surface area contributed by atoms with Crippen LogP contribution in [0.5, 0.6) is 0 Å². The van der Waals surface area contributed by atoms with Gasteiger partial charge in [0.15, 0.2) is 5.66 Å². The molecule has 134 valence electrons. The van der Waals surface area contributed by atoms with Gasteiger partial charge in [-0.05, 0) is 0 Å². The van der Waals surface area contributed by atoms with Crippen molar-refractivity contribution in [1.82, 2.24) is 19.6 Å². The molecule has 1 aromatic rings. The maximum Gasteiger partial charge on any atom is 0.321 e. The number of urea groups is 2. The summed E-state index contributed by atoms with van der Waals surface area (Å²) < 4.78 is 0. The first-order chi connectivity index (χ1) is 11.7. The Kier molecular flexibility index (Phi) is 3.81. The van der Waals surface area contributed by atoms with Crippen molar-refractivity contribution >= 4 is 17.7 Å². The SMILES string of the molecule is CN1CC2CN(C)C(=O)N(C)C2(c2cccc([N+](=O)[O-])c2)N(C)C1=O. The Morgan fingerprint density at radius 2 is 1.56 bits per heavy atom. The van der Waals surface area contributed by atoms with Crippen LogP contribution in [0.1, 0.15) is 5.56 Å². The molecular weight excluding hydrogens is 326 g/mol. The summed E-state index contributed by atoms with van der Waals surface area (Å²) in [6, 6.07) is 5.73. The van der Waals surface area contributed by atoms with Gasteiger partial charge < -0.3 is 9.80 Å². The minimum absolute atomic E-state index is 0.0646. The average molecular weight is 347 g/mol. The fraction of sp³-hybridized carbons (Fsp3) is 0.500. The van der Waals surface area contributed by atoms with Crippen LogP contribution in [0.15, 0.2) is 24.3 Å². The molecule has 4 amide bonds. The van der Waals surface area contributed by atoms with Gasteiger partial charge in [-0.3, -0.25) is 19.9 Å². The summed E-state index contributed by atoms with van der Waals surface area (Å²) >= 11 is 0. The molecule has 0 unspecified atom stereocenters. The maximum absolute atomic E-state index is 12.7. The van der Waals surface area contributed by atoms with Crippen LogP contribution < -0.4 is 0 Å². The van der Waals surface area contributed by atoms with E-state index in [1.165, 1.54) is 21.9 Å². The van der Waals surface area contributed by atoms with Gasteiger partial charge in [-0.25, -0.2) is 9.59 Å². The van der Waals surface area contributed by atoms with E-state index in [9.17, 15) is 19.7 Å². The van der Waals surface area contributed by atoms with Gasteiger partial charge in [-0.1, -0.05) is 12.1 Å². The minimum Gasteiger partial charge on any atom is -0.327 e. The minimum atomic E-state index is -1.06. The molecule has 0 aromatic heterocycles. The summed E-state index contributed by atoms with van der Waals surface area (Å²) in [6.07, 6.45) is 0. The van der Waals surface area contributed by atoms with Crippen LogP contribution in [0.2, 0.25) is 0 Å². The molecule has 0 atom stereocenters. The molecule has 9 heteroatoms. The first kappa shape index (κ1) is 17.0. The lowest BCUT2D eigenvalue weighted by Gasteiger charge is -2.60. The molecular formula is C16H21N5O4. The molecule has 0 spiro atoms. The van der Waals surface area contributed by atoms with Crippen molar-refractivity contribution in [2.24, 2.45) is 5.92 Å². The Morgan fingerprint density at radius 3 is 2.04 bits per heavy atom. The largest absolute Gasteiger partial charge is 0.327 e. The monoisotopic (exact) mass is 347 g/mol. The Balaban J connectivity index is 2.24. The molecule has 2 aliphatic heterocycles. The summed E-state index contributed by atoms with van der Waals surface area (Å²) in [5.41, 5.74) is -0.552. The fourth-order valence-corrected chi connectivity index (χ4v) is 4.18. The zero-order chi connectivity index (χ0) is 18.5. The van der Waals surface area contributed by atoms with Crippen molar-refractivity contribution in [3.05, 3.63) is 39.9 Å². The average Bonchev–Trinajstić information content (AvgIpc) is 2.58. The molecule has 9 nitrogen and oxygen atoms in total. The number of carbonyl (C=O) groups is 2. The molecule has 2 fully saturated rings. The number of rotatable bonds is 2. The molecule has 2 aliphatic rings. The second-order valence-electron chi connectivity index (χ2n) is 6.67. The third-order valence-corrected chi connectivity index (χ3v) is 5.29. The smallest absolute Gasteiger partial charge is 0.321 e. The predicted molar refractivity (Wildman–Crippen MR) is 89.8 cm³/mol. The molecule has 2 saturated heterocycles. The Labute approximate surface area is 145 Å². The number of hydrogen-bond donors (Lipinski definition) is 0. The maximum atomic E-state index is 12.7. The lowest BCUT2D eigenvalue weighted by molar-refractivity contribution is -0.385. The quantitative estimate of drug-likeness (QED) is 0.597. The molecule has 0 saturated carbocycles.